The molecular weight excluding hydrogens is 274 g/mol. The van der Waals surface area contributed by atoms with Gasteiger partial charge in [-0.3, -0.25) is 4.98 Å². The Bertz CT molecular complexity index is 532. The summed E-state index contributed by atoms with van der Waals surface area (Å²) in [5.74, 6) is 0. The number of nitrogens with zero attached hydrogens (tertiary/aromatic N) is 1. The van der Waals surface area contributed by atoms with Crippen LogP contribution >= 0.6 is 0 Å². The maximum Gasteiger partial charge on any atom is 0.248 e. The third-order valence-corrected chi connectivity index (χ3v) is 9.25. The number of rotatable bonds is 6. The molecule has 0 spiro atoms. The maximum absolute atomic E-state index is 6.60. The Balaban J connectivity index is 2.32. The summed E-state index contributed by atoms with van der Waals surface area (Å²) in [6.45, 7) is 9.75. The van der Waals surface area contributed by atoms with Crippen LogP contribution < -0.4 is 5.32 Å². The smallest absolute Gasteiger partial charge is 0.248 e. The fraction of sp³-hybridized carbons (Fsp3) is 0.389. The second kappa shape index (κ2) is 7.01. The van der Waals surface area contributed by atoms with Crippen molar-refractivity contribution < 1.29 is 4.43 Å². The molecule has 1 heterocycles. The van der Waals surface area contributed by atoms with Gasteiger partial charge < -0.3 is 4.43 Å². The first kappa shape index (κ1) is 15.9. The Hall–Kier alpha value is -1.45. The first-order valence-corrected chi connectivity index (χ1v) is 9.73. The van der Waals surface area contributed by atoms with E-state index in [2.05, 4.69) is 69.1 Å². The van der Waals surface area contributed by atoms with Gasteiger partial charge in [0.05, 0.1) is 11.9 Å². The summed E-state index contributed by atoms with van der Waals surface area (Å²) in [6, 6.07) is 16.6. The lowest BCUT2D eigenvalue weighted by molar-refractivity contribution is 0.282. The van der Waals surface area contributed by atoms with Crippen molar-refractivity contribution in [1.82, 2.24) is 4.98 Å². The predicted octanol–water partition coefficient (Wildman–Crippen LogP) is 4.27. The third kappa shape index (κ3) is 3.42. The van der Waals surface area contributed by atoms with Gasteiger partial charge in [-0.25, -0.2) is 0 Å². The van der Waals surface area contributed by atoms with Crippen molar-refractivity contribution >= 4 is 13.6 Å². The topological polar surface area (TPSA) is 22.1 Å². The molecule has 0 amide bonds. The zero-order chi connectivity index (χ0) is 15.3. The van der Waals surface area contributed by atoms with Gasteiger partial charge in [0, 0.05) is 6.20 Å². The Morgan fingerprint density at radius 3 is 2.05 bits per heavy atom. The summed E-state index contributed by atoms with van der Waals surface area (Å²) in [5, 5.41) is 1.16. The average molecular weight is 299 g/mol. The zero-order valence-corrected chi connectivity index (χ0v) is 14.4. The SMILES string of the molecule is CC(C)[Si](OCc1ccccc1)(c1ccccn1)C(C)C. The number of aromatic nitrogens is 1. The van der Waals surface area contributed by atoms with Crippen molar-refractivity contribution in [3.63, 3.8) is 0 Å². The zero-order valence-electron chi connectivity index (χ0n) is 13.4. The van der Waals surface area contributed by atoms with Crippen LogP contribution in [0.1, 0.15) is 33.3 Å². The Labute approximate surface area is 129 Å². The lowest BCUT2D eigenvalue weighted by Crippen LogP contribution is -2.57. The number of benzene rings is 1. The normalized spacial score (nSPS) is 12.1. The molecule has 2 nitrogen and oxygen atoms in total. The van der Waals surface area contributed by atoms with Crippen LogP contribution in [0.15, 0.2) is 54.7 Å². The molecule has 0 aliphatic heterocycles. The fourth-order valence-electron chi connectivity index (χ4n) is 3.04. The van der Waals surface area contributed by atoms with Crippen LogP contribution in [0.2, 0.25) is 11.1 Å². The molecule has 0 atom stereocenters. The van der Waals surface area contributed by atoms with E-state index in [1.807, 2.05) is 18.3 Å². The molecule has 0 saturated heterocycles. The van der Waals surface area contributed by atoms with Crippen molar-refractivity contribution in [3.05, 3.63) is 60.3 Å². The molecule has 0 unspecified atom stereocenters. The summed E-state index contributed by atoms with van der Waals surface area (Å²) >= 11 is 0. The summed E-state index contributed by atoms with van der Waals surface area (Å²) in [5.41, 5.74) is 2.19. The number of hydrogen-bond acceptors (Lipinski definition) is 2. The van der Waals surface area contributed by atoms with E-state index in [-0.39, 0.29) is 0 Å². The van der Waals surface area contributed by atoms with Crippen molar-refractivity contribution in [2.75, 3.05) is 0 Å². The molecule has 2 aromatic rings. The van der Waals surface area contributed by atoms with E-state index in [1.54, 1.807) is 0 Å². The number of pyridine rings is 1. The molecule has 0 fully saturated rings. The van der Waals surface area contributed by atoms with Gasteiger partial charge >= 0.3 is 0 Å². The highest BCUT2D eigenvalue weighted by atomic mass is 28.4. The molecule has 1 aromatic heterocycles. The van der Waals surface area contributed by atoms with E-state index in [9.17, 15) is 0 Å². The largest absolute Gasteiger partial charge is 0.406 e. The molecule has 2 rings (SSSR count). The van der Waals surface area contributed by atoms with Crippen molar-refractivity contribution in [2.24, 2.45) is 0 Å². The van der Waals surface area contributed by atoms with Gasteiger partial charge in [0.2, 0.25) is 8.32 Å². The average Bonchev–Trinajstić information content (AvgIpc) is 2.49. The minimum atomic E-state index is -2.12. The van der Waals surface area contributed by atoms with Crippen LogP contribution in [0.5, 0.6) is 0 Å². The predicted molar refractivity (Wildman–Crippen MR) is 91.1 cm³/mol. The molecular formula is C18H25NOSi. The van der Waals surface area contributed by atoms with Gasteiger partial charge in [0.1, 0.15) is 0 Å². The van der Waals surface area contributed by atoms with Crippen LogP contribution in [-0.4, -0.2) is 13.3 Å². The van der Waals surface area contributed by atoms with Gasteiger partial charge in [0.15, 0.2) is 0 Å². The van der Waals surface area contributed by atoms with E-state index in [0.29, 0.717) is 17.7 Å². The second-order valence-corrected chi connectivity index (χ2v) is 10.8. The van der Waals surface area contributed by atoms with E-state index < -0.39 is 8.32 Å². The molecule has 0 radical (unpaired) electrons. The molecule has 0 aliphatic rings. The van der Waals surface area contributed by atoms with E-state index in [1.165, 1.54) is 5.56 Å². The van der Waals surface area contributed by atoms with Crippen LogP contribution in [0.3, 0.4) is 0 Å². The molecule has 112 valence electrons. The Morgan fingerprint density at radius 2 is 1.52 bits per heavy atom. The molecule has 3 heteroatoms. The summed E-state index contributed by atoms with van der Waals surface area (Å²) < 4.78 is 6.60. The lowest BCUT2D eigenvalue weighted by Gasteiger charge is -2.38. The van der Waals surface area contributed by atoms with Crippen LogP contribution in [-0.2, 0) is 11.0 Å². The highest BCUT2D eigenvalue weighted by Gasteiger charge is 2.45. The van der Waals surface area contributed by atoms with Gasteiger partial charge in [-0.15, -0.1) is 0 Å². The second-order valence-electron chi connectivity index (χ2n) is 6.09. The van der Waals surface area contributed by atoms with Crippen molar-refractivity contribution in [3.8, 4) is 0 Å². The summed E-state index contributed by atoms with van der Waals surface area (Å²) in [4.78, 5) is 4.64. The Kier molecular flexibility index (Phi) is 5.31. The van der Waals surface area contributed by atoms with Gasteiger partial charge in [0.25, 0.3) is 0 Å². The lowest BCUT2D eigenvalue weighted by atomic mass is 10.2. The molecule has 21 heavy (non-hydrogen) atoms. The van der Waals surface area contributed by atoms with Crippen LogP contribution in [0.4, 0.5) is 0 Å². The quantitative estimate of drug-likeness (QED) is 0.743. The molecule has 0 N–H and O–H groups in total. The van der Waals surface area contributed by atoms with Gasteiger partial charge in [-0.2, -0.15) is 0 Å². The highest BCUT2D eigenvalue weighted by Crippen LogP contribution is 2.33. The van der Waals surface area contributed by atoms with E-state index in [0.717, 1.165) is 5.32 Å². The third-order valence-electron chi connectivity index (χ3n) is 4.10. The minimum Gasteiger partial charge on any atom is -0.406 e. The van der Waals surface area contributed by atoms with Crippen LogP contribution in [0.25, 0.3) is 0 Å². The first-order valence-electron chi connectivity index (χ1n) is 7.66. The van der Waals surface area contributed by atoms with E-state index in [4.69, 9.17) is 4.43 Å². The van der Waals surface area contributed by atoms with Gasteiger partial charge in [-0.05, 0) is 28.8 Å². The summed E-state index contributed by atoms with van der Waals surface area (Å²) in [7, 11) is -2.12. The molecule has 0 saturated carbocycles. The molecule has 0 aliphatic carbocycles. The van der Waals surface area contributed by atoms with Crippen molar-refractivity contribution in [2.45, 2.75) is 45.4 Å². The molecule has 1 aromatic carbocycles. The van der Waals surface area contributed by atoms with Crippen LogP contribution in [0, 0.1) is 0 Å². The standard InChI is InChI=1S/C18H25NOSi/c1-15(2)21(16(3)4,18-12-8-9-13-19-18)20-14-17-10-6-5-7-11-17/h5-13,15-16H,14H2,1-4H3. The molecule has 0 bridgehead atoms. The van der Waals surface area contributed by atoms with Crippen molar-refractivity contribution in [1.29, 1.82) is 0 Å². The summed E-state index contributed by atoms with van der Waals surface area (Å²) in [6.07, 6.45) is 1.88. The first-order chi connectivity index (χ1) is 10.1. The van der Waals surface area contributed by atoms with E-state index >= 15 is 0 Å². The van der Waals surface area contributed by atoms with Gasteiger partial charge in [-0.1, -0.05) is 64.1 Å². The minimum absolute atomic E-state index is 0.483. The Morgan fingerprint density at radius 1 is 0.905 bits per heavy atom. The maximum atomic E-state index is 6.60. The number of hydrogen-bond donors (Lipinski definition) is 0. The fourth-order valence-corrected chi connectivity index (χ4v) is 7.41. The highest BCUT2D eigenvalue weighted by molar-refractivity contribution is 6.88. The monoisotopic (exact) mass is 299 g/mol.